The van der Waals surface area contributed by atoms with E-state index in [1.54, 1.807) is 13.3 Å². The van der Waals surface area contributed by atoms with Gasteiger partial charge in [0.25, 0.3) is 0 Å². The van der Waals surface area contributed by atoms with Gasteiger partial charge in [-0.1, -0.05) is 18.2 Å². The largest absolute Gasteiger partial charge is 0.497 e. The summed E-state index contributed by atoms with van der Waals surface area (Å²) in [6.45, 7) is 3.03. The molecule has 1 aromatic heterocycles. The van der Waals surface area contributed by atoms with Gasteiger partial charge in [0.1, 0.15) is 11.6 Å². The minimum Gasteiger partial charge on any atom is -0.497 e. The van der Waals surface area contributed by atoms with Crippen LogP contribution in [-0.2, 0) is 5.54 Å². The number of hydrogen-bond acceptors (Lipinski definition) is 4. The quantitative estimate of drug-likeness (QED) is 0.919. The highest BCUT2D eigenvalue weighted by molar-refractivity contribution is 5.76. The molecule has 26 heavy (non-hydrogen) atoms. The Bertz CT molecular complexity index is 751. The van der Waals surface area contributed by atoms with E-state index in [2.05, 4.69) is 15.2 Å². The highest BCUT2D eigenvalue weighted by atomic mass is 16.5. The third-order valence-corrected chi connectivity index (χ3v) is 5.28. The van der Waals surface area contributed by atoms with Crippen molar-refractivity contribution in [2.24, 2.45) is 0 Å². The number of anilines is 1. The number of urea groups is 1. The lowest BCUT2D eigenvalue weighted by atomic mass is 10.0. The van der Waals surface area contributed by atoms with Crippen molar-refractivity contribution in [3.05, 3.63) is 54.2 Å². The molecule has 4 rings (SSSR count). The Morgan fingerprint density at radius 3 is 2.38 bits per heavy atom. The predicted molar refractivity (Wildman–Crippen MR) is 100 cm³/mol. The average Bonchev–Trinajstić information content (AvgIpc) is 3.49. The Labute approximate surface area is 153 Å². The summed E-state index contributed by atoms with van der Waals surface area (Å²) in [5, 5.41) is 3.26. The second-order valence-electron chi connectivity index (χ2n) is 6.90. The van der Waals surface area contributed by atoms with Gasteiger partial charge in [0.05, 0.1) is 12.6 Å². The molecular formula is C20H24N4O2. The van der Waals surface area contributed by atoms with Gasteiger partial charge in [-0.2, -0.15) is 0 Å². The van der Waals surface area contributed by atoms with Crippen LogP contribution in [0.25, 0.3) is 0 Å². The zero-order valence-electron chi connectivity index (χ0n) is 15.0. The number of nitrogens with one attached hydrogen (secondary N) is 1. The lowest BCUT2D eigenvalue weighted by Crippen LogP contribution is -2.53. The summed E-state index contributed by atoms with van der Waals surface area (Å²) < 4.78 is 5.22. The van der Waals surface area contributed by atoms with E-state index in [1.165, 1.54) is 0 Å². The van der Waals surface area contributed by atoms with E-state index in [0.717, 1.165) is 43.1 Å². The van der Waals surface area contributed by atoms with E-state index in [0.29, 0.717) is 13.1 Å². The first-order chi connectivity index (χ1) is 12.7. The molecule has 1 aliphatic heterocycles. The molecule has 6 heteroatoms. The minimum absolute atomic E-state index is 0.0268. The Morgan fingerprint density at radius 1 is 1.08 bits per heavy atom. The molecule has 0 unspecified atom stereocenters. The summed E-state index contributed by atoms with van der Waals surface area (Å²) in [6, 6.07) is 13.9. The molecule has 0 spiro atoms. The third-order valence-electron chi connectivity index (χ3n) is 5.28. The van der Waals surface area contributed by atoms with Crippen molar-refractivity contribution < 1.29 is 9.53 Å². The number of amides is 2. The normalized spacial score (nSPS) is 18.3. The van der Waals surface area contributed by atoms with Crippen molar-refractivity contribution in [3.63, 3.8) is 0 Å². The monoisotopic (exact) mass is 352 g/mol. The van der Waals surface area contributed by atoms with E-state index in [-0.39, 0.29) is 11.6 Å². The summed E-state index contributed by atoms with van der Waals surface area (Å²) in [4.78, 5) is 21.3. The van der Waals surface area contributed by atoms with Gasteiger partial charge >= 0.3 is 6.03 Å². The van der Waals surface area contributed by atoms with E-state index in [4.69, 9.17) is 4.74 Å². The lowest BCUT2D eigenvalue weighted by Gasteiger charge is -2.36. The molecule has 0 bridgehead atoms. The number of hydrogen-bond donors (Lipinski definition) is 1. The Kier molecular flexibility index (Phi) is 4.41. The molecule has 2 aromatic rings. The smallest absolute Gasteiger partial charge is 0.318 e. The van der Waals surface area contributed by atoms with Gasteiger partial charge in [-0.15, -0.1) is 0 Å². The fourth-order valence-corrected chi connectivity index (χ4v) is 3.48. The van der Waals surface area contributed by atoms with Gasteiger partial charge in [-0.25, -0.2) is 9.78 Å². The second kappa shape index (κ2) is 6.86. The van der Waals surface area contributed by atoms with Crippen molar-refractivity contribution in [2.45, 2.75) is 18.4 Å². The standard InChI is InChI=1S/C20H24N4O2/c1-26-17-7-5-16(6-8-17)20(9-10-20)22-19(25)24-14-12-23(13-15-24)18-4-2-3-11-21-18/h2-8,11H,9-10,12-15H2,1H3,(H,22,25). The molecular weight excluding hydrogens is 328 g/mol. The van der Waals surface area contributed by atoms with Gasteiger partial charge < -0.3 is 19.9 Å². The summed E-state index contributed by atoms with van der Waals surface area (Å²) in [5.74, 6) is 1.81. The van der Waals surface area contributed by atoms with Gasteiger partial charge in [0.15, 0.2) is 0 Å². The fourth-order valence-electron chi connectivity index (χ4n) is 3.48. The topological polar surface area (TPSA) is 57.7 Å². The van der Waals surface area contributed by atoms with Crippen molar-refractivity contribution in [2.75, 3.05) is 38.2 Å². The number of ether oxygens (including phenoxy) is 1. The van der Waals surface area contributed by atoms with Crippen molar-refractivity contribution >= 4 is 11.8 Å². The number of carbonyl (C=O) groups excluding carboxylic acids is 1. The zero-order valence-corrected chi connectivity index (χ0v) is 15.0. The summed E-state index contributed by atoms with van der Waals surface area (Å²) in [6.07, 6.45) is 3.78. The van der Waals surface area contributed by atoms with Crippen molar-refractivity contribution in [1.29, 1.82) is 0 Å². The van der Waals surface area contributed by atoms with Crippen LogP contribution in [0.1, 0.15) is 18.4 Å². The zero-order chi connectivity index (χ0) is 18.0. The highest BCUT2D eigenvalue weighted by Gasteiger charge is 2.46. The first-order valence-electron chi connectivity index (χ1n) is 9.08. The SMILES string of the molecule is COc1ccc(C2(NC(=O)N3CCN(c4ccccn4)CC3)CC2)cc1. The van der Waals surface area contributed by atoms with E-state index >= 15 is 0 Å². The van der Waals surface area contributed by atoms with E-state index in [1.807, 2.05) is 47.4 Å². The number of aromatic nitrogens is 1. The van der Waals surface area contributed by atoms with Gasteiger partial charge in [0, 0.05) is 32.4 Å². The van der Waals surface area contributed by atoms with Crippen LogP contribution >= 0.6 is 0 Å². The van der Waals surface area contributed by atoms with E-state index in [9.17, 15) is 4.79 Å². The van der Waals surface area contributed by atoms with Crippen molar-refractivity contribution in [3.8, 4) is 5.75 Å². The Hall–Kier alpha value is -2.76. The molecule has 6 nitrogen and oxygen atoms in total. The minimum atomic E-state index is -0.207. The van der Waals surface area contributed by atoms with Crippen LogP contribution in [-0.4, -0.2) is 49.2 Å². The summed E-state index contributed by atoms with van der Waals surface area (Å²) in [7, 11) is 1.66. The molecule has 0 radical (unpaired) electrons. The predicted octanol–water partition coefficient (Wildman–Crippen LogP) is 2.61. The first kappa shape index (κ1) is 16.7. The first-order valence-corrected chi connectivity index (χ1v) is 9.08. The molecule has 1 aromatic carbocycles. The molecule has 1 N–H and O–H groups in total. The van der Waals surface area contributed by atoms with Crippen LogP contribution in [0.2, 0.25) is 0 Å². The molecule has 136 valence electrons. The molecule has 1 saturated heterocycles. The Balaban J connectivity index is 1.35. The van der Waals surface area contributed by atoms with Crippen LogP contribution in [0, 0.1) is 0 Å². The van der Waals surface area contributed by atoms with Gasteiger partial charge in [-0.05, 0) is 42.7 Å². The van der Waals surface area contributed by atoms with Crippen LogP contribution in [0.15, 0.2) is 48.7 Å². The van der Waals surface area contributed by atoms with Crippen LogP contribution in [0.5, 0.6) is 5.75 Å². The molecule has 2 aliphatic rings. The number of benzene rings is 1. The van der Waals surface area contributed by atoms with Crippen LogP contribution < -0.4 is 15.0 Å². The summed E-state index contributed by atoms with van der Waals surface area (Å²) in [5.41, 5.74) is 0.945. The average molecular weight is 352 g/mol. The summed E-state index contributed by atoms with van der Waals surface area (Å²) >= 11 is 0. The third kappa shape index (κ3) is 3.31. The fraction of sp³-hybridized carbons (Fsp3) is 0.400. The number of carbonyl (C=O) groups is 1. The number of pyridine rings is 1. The maximum absolute atomic E-state index is 12.7. The lowest BCUT2D eigenvalue weighted by molar-refractivity contribution is 0.188. The number of piperazine rings is 1. The molecule has 1 saturated carbocycles. The number of nitrogens with zero attached hydrogens (tertiary/aromatic N) is 3. The molecule has 1 aliphatic carbocycles. The van der Waals surface area contributed by atoms with Crippen LogP contribution in [0.3, 0.4) is 0 Å². The molecule has 0 atom stereocenters. The Morgan fingerprint density at radius 2 is 1.81 bits per heavy atom. The molecule has 2 amide bonds. The number of rotatable bonds is 4. The maximum Gasteiger partial charge on any atom is 0.318 e. The molecule has 2 fully saturated rings. The maximum atomic E-state index is 12.7. The van der Waals surface area contributed by atoms with E-state index < -0.39 is 0 Å². The van der Waals surface area contributed by atoms with Gasteiger partial charge in [0.2, 0.25) is 0 Å². The highest BCUT2D eigenvalue weighted by Crippen LogP contribution is 2.46. The van der Waals surface area contributed by atoms with Crippen molar-refractivity contribution in [1.82, 2.24) is 15.2 Å². The van der Waals surface area contributed by atoms with Crippen LogP contribution in [0.4, 0.5) is 10.6 Å². The van der Waals surface area contributed by atoms with Gasteiger partial charge in [-0.3, -0.25) is 0 Å². The second-order valence-corrected chi connectivity index (χ2v) is 6.90. The molecule has 2 heterocycles. The number of methoxy groups -OCH3 is 1.